The van der Waals surface area contributed by atoms with Crippen LogP contribution in [0.4, 0.5) is 18.0 Å². The Morgan fingerprint density at radius 3 is 2.58 bits per heavy atom. The smallest absolute Gasteiger partial charge is 0.341 e. The number of halogens is 3. The highest BCUT2D eigenvalue weighted by Crippen LogP contribution is 2.41. The summed E-state index contributed by atoms with van der Waals surface area (Å²) in [6.07, 6.45) is -2.31. The number of hydrogen-bond acceptors (Lipinski definition) is 3. The molecule has 1 fully saturated rings. The van der Waals surface area contributed by atoms with Gasteiger partial charge in [-0.15, -0.1) is 0 Å². The van der Waals surface area contributed by atoms with Crippen LogP contribution in [0.5, 0.6) is 0 Å². The van der Waals surface area contributed by atoms with Crippen LogP contribution in [-0.2, 0) is 11.0 Å². The predicted octanol–water partition coefficient (Wildman–Crippen LogP) is 2.39. The van der Waals surface area contributed by atoms with Crippen molar-refractivity contribution in [3.05, 3.63) is 35.4 Å². The van der Waals surface area contributed by atoms with Crippen molar-refractivity contribution >= 4 is 11.9 Å². The van der Waals surface area contributed by atoms with Gasteiger partial charge in [0.05, 0.1) is 12.1 Å². The van der Waals surface area contributed by atoms with Gasteiger partial charge in [-0.25, -0.2) is 4.79 Å². The lowest BCUT2D eigenvalue weighted by molar-refractivity contribution is -0.138. The molecule has 1 aromatic carbocycles. The standard InChI is InChI=1S/C16H20F3N3O2/c1-20-15(24)22-14(23)9-21-13-8-4-6-11(13)10-5-2-3-7-12(10)16(17,18)19/h2-3,5,7,11,13,21H,4,6,8-9H2,1H3,(H2,20,22,23,24)/t11-,13+/m0/s1. The molecular formula is C16H20F3N3O2. The van der Waals surface area contributed by atoms with E-state index in [1.807, 2.05) is 0 Å². The highest BCUT2D eigenvalue weighted by Gasteiger charge is 2.38. The second kappa shape index (κ2) is 7.65. The van der Waals surface area contributed by atoms with Crippen LogP contribution in [0.15, 0.2) is 24.3 Å². The average molecular weight is 343 g/mol. The van der Waals surface area contributed by atoms with Crippen LogP contribution < -0.4 is 16.0 Å². The van der Waals surface area contributed by atoms with Gasteiger partial charge in [-0.3, -0.25) is 10.1 Å². The van der Waals surface area contributed by atoms with Gasteiger partial charge in [0, 0.05) is 13.1 Å². The van der Waals surface area contributed by atoms with E-state index in [9.17, 15) is 22.8 Å². The molecule has 0 aromatic heterocycles. The van der Waals surface area contributed by atoms with Crippen LogP contribution in [0.2, 0.25) is 0 Å². The zero-order valence-corrected chi connectivity index (χ0v) is 13.2. The summed E-state index contributed by atoms with van der Waals surface area (Å²) >= 11 is 0. The Morgan fingerprint density at radius 2 is 1.92 bits per heavy atom. The lowest BCUT2D eigenvalue weighted by Crippen LogP contribution is -2.45. The number of benzene rings is 1. The first-order valence-electron chi connectivity index (χ1n) is 7.74. The first-order chi connectivity index (χ1) is 11.3. The molecular weight excluding hydrogens is 323 g/mol. The molecule has 1 aliphatic carbocycles. The molecule has 132 valence electrons. The summed E-state index contributed by atoms with van der Waals surface area (Å²) in [5.74, 6) is -0.834. The summed E-state index contributed by atoms with van der Waals surface area (Å²) in [6.45, 7) is -0.122. The molecule has 0 aliphatic heterocycles. The minimum Gasteiger partial charge on any atom is -0.341 e. The van der Waals surface area contributed by atoms with Crippen LogP contribution >= 0.6 is 0 Å². The van der Waals surface area contributed by atoms with E-state index < -0.39 is 23.7 Å². The summed E-state index contributed by atoms with van der Waals surface area (Å²) in [5.41, 5.74) is -0.370. The normalized spacial score (nSPS) is 20.7. The third-order valence-corrected chi connectivity index (χ3v) is 4.19. The van der Waals surface area contributed by atoms with Crippen molar-refractivity contribution in [1.29, 1.82) is 0 Å². The van der Waals surface area contributed by atoms with Crippen molar-refractivity contribution in [3.63, 3.8) is 0 Å². The molecule has 0 bridgehead atoms. The average Bonchev–Trinajstić information content (AvgIpc) is 3.00. The minimum absolute atomic E-state index is 0.122. The molecule has 1 aliphatic rings. The number of urea groups is 1. The van der Waals surface area contributed by atoms with Crippen molar-refractivity contribution in [2.75, 3.05) is 13.6 Å². The highest BCUT2D eigenvalue weighted by atomic mass is 19.4. The van der Waals surface area contributed by atoms with E-state index in [2.05, 4.69) is 16.0 Å². The van der Waals surface area contributed by atoms with Gasteiger partial charge >= 0.3 is 12.2 Å². The zero-order chi connectivity index (χ0) is 17.7. The van der Waals surface area contributed by atoms with Crippen LogP contribution in [0.25, 0.3) is 0 Å². The lowest BCUT2D eigenvalue weighted by Gasteiger charge is -2.24. The minimum atomic E-state index is -4.40. The van der Waals surface area contributed by atoms with Crippen molar-refractivity contribution in [1.82, 2.24) is 16.0 Å². The van der Waals surface area contributed by atoms with Gasteiger partial charge in [0.2, 0.25) is 5.91 Å². The van der Waals surface area contributed by atoms with Crippen molar-refractivity contribution < 1.29 is 22.8 Å². The maximum absolute atomic E-state index is 13.2. The van der Waals surface area contributed by atoms with Gasteiger partial charge in [0.15, 0.2) is 0 Å². The molecule has 0 unspecified atom stereocenters. The second-order valence-electron chi connectivity index (χ2n) is 5.74. The van der Waals surface area contributed by atoms with Crippen LogP contribution in [-0.4, -0.2) is 31.6 Å². The number of amides is 3. The summed E-state index contributed by atoms with van der Waals surface area (Å²) < 4.78 is 39.6. The molecule has 8 heteroatoms. The molecule has 1 aromatic rings. The zero-order valence-electron chi connectivity index (χ0n) is 13.2. The molecule has 2 atom stereocenters. The van der Waals surface area contributed by atoms with E-state index in [0.29, 0.717) is 12.8 Å². The number of hydrogen-bond donors (Lipinski definition) is 3. The summed E-state index contributed by atoms with van der Waals surface area (Å²) in [6, 6.07) is 4.70. The molecule has 1 saturated carbocycles. The summed E-state index contributed by atoms with van der Waals surface area (Å²) in [5, 5.41) is 7.35. The van der Waals surface area contributed by atoms with Crippen molar-refractivity contribution in [2.45, 2.75) is 37.4 Å². The Bertz CT molecular complexity index is 604. The maximum atomic E-state index is 13.2. The molecule has 2 rings (SSSR count). The number of imide groups is 1. The van der Waals surface area contributed by atoms with Gasteiger partial charge in [0.1, 0.15) is 0 Å². The molecule has 3 N–H and O–H groups in total. The van der Waals surface area contributed by atoms with Gasteiger partial charge < -0.3 is 10.6 Å². The molecule has 5 nitrogen and oxygen atoms in total. The van der Waals surface area contributed by atoms with Gasteiger partial charge in [0.25, 0.3) is 0 Å². The third-order valence-electron chi connectivity index (χ3n) is 4.19. The number of rotatable bonds is 4. The van der Waals surface area contributed by atoms with Crippen LogP contribution in [0.3, 0.4) is 0 Å². The number of alkyl halides is 3. The Labute approximate surface area is 138 Å². The third kappa shape index (κ3) is 4.47. The second-order valence-corrected chi connectivity index (χ2v) is 5.74. The summed E-state index contributed by atoms with van der Waals surface area (Å²) in [7, 11) is 1.39. The monoisotopic (exact) mass is 343 g/mol. The molecule has 0 spiro atoms. The van der Waals surface area contributed by atoms with E-state index >= 15 is 0 Å². The molecule has 0 saturated heterocycles. The largest absolute Gasteiger partial charge is 0.416 e. The van der Waals surface area contributed by atoms with E-state index in [1.165, 1.54) is 19.2 Å². The Kier molecular flexibility index (Phi) is 5.82. The van der Waals surface area contributed by atoms with E-state index in [0.717, 1.165) is 12.5 Å². The molecule has 24 heavy (non-hydrogen) atoms. The molecule has 3 amide bonds. The van der Waals surface area contributed by atoms with Crippen molar-refractivity contribution in [3.8, 4) is 0 Å². The fraction of sp³-hybridized carbons (Fsp3) is 0.500. The topological polar surface area (TPSA) is 70.2 Å². The molecule has 0 heterocycles. The van der Waals surface area contributed by atoms with Gasteiger partial charge in [-0.05, 0) is 30.4 Å². The van der Waals surface area contributed by atoms with Crippen LogP contribution in [0, 0.1) is 0 Å². The van der Waals surface area contributed by atoms with Crippen molar-refractivity contribution in [2.24, 2.45) is 0 Å². The van der Waals surface area contributed by atoms with Gasteiger partial charge in [-0.1, -0.05) is 24.6 Å². The van der Waals surface area contributed by atoms with E-state index in [1.54, 1.807) is 6.07 Å². The summed E-state index contributed by atoms with van der Waals surface area (Å²) in [4.78, 5) is 22.7. The number of carbonyl (C=O) groups is 2. The quantitative estimate of drug-likeness (QED) is 0.786. The SMILES string of the molecule is CNC(=O)NC(=O)CN[C@@H]1CCC[C@H]1c1ccccc1C(F)(F)F. The Morgan fingerprint density at radius 1 is 1.21 bits per heavy atom. The van der Waals surface area contributed by atoms with Crippen LogP contribution in [0.1, 0.15) is 36.3 Å². The first-order valence-corrected chi connectivity index (χ1v) is 7.74. The fourth-order valence-corrected chi connectivity index (χ4v) is 3.11. The Hall–Kier alpha value is -2.09. The predicted molar refractivity (Wildman–Crippen MR) is 82.4 cm³/mol. The number of nitrogens with one attached hydrogen (secondary N) is 3. The Balaban J connectivity index is 2.06. The van der Waals surface area contributed by atoms with E-state index in [4.69, 9.17) is 0 Å². The lowest BCUT2D eigenvalue weighted by atomic mass is 9.90. The first kappa shape index (κ1) is 18.3. The fourth-order valence-electron chi connectivity index (χ4n) is 3.11. The maximum Gasteiger partial charge on any atom is 0.416 e. The van der Waals surface area contributed by atoms with Gasteiger partial charge in [-0.2, -0.15) is 13.2 Å². The molecule has 0 radical (unpaired) electrons. The van der Waals surface area contributed by atoms with E-state index in [-0.39, 0.29) is 24.1 Å². The number of carbonyl (C=O) groups excluding carboxylic acids is 2. The highest BCUT2D eigenvalue weighted by molar-refractivity contribution is 5.95.